The normalized spacial score (nSPS) is 37.6. The molecule has 2 fully saturated rings. The third-order valence-corrected chi connectivity index (χ3v) is 8.52. The number of piperidine rings is 1. The zero-order valence-electron chi connectivity index (χ0n) is 23.8. The van der Waals surface area contributed by atoms with Gasteiger partial charge < -0.3 is 29.7 Å². The highest BCUT2D eigenvalue weighted by molar-refractivity contribution is 5.85. The van der Waals surface area contributed by atoms with Crippen LogP contribution in [0.15, 0.2) is 35.5 Å². The molecule has 5 unspecified atom stereocenters. The number of allylic oxidation sites excluding steroid dienone is 4. The van der Waals surface area contributed by atoms with Crippen molar-refractivity contribution in [3.05, 3.63) is 35.5 Å². The third-order valence-electron chi connectivity index (χ3n) is 8.52. The Bertz CT molecular complexity index is 943. The largest absolute Gasteiger partial charge is 0.457 e. The van der Waals surface area contributed by atoms with Gasteiger partial charge in [0.2, 0.25) is 5.91 Å². The summed E-state index contributed by atoms with van der Waals surface area (Å²) in [6, 6.07) is -0.678. The van der Waals surface area contributed by atoms with Crippen LogP contribution in [-0.4, -0.2) is 74.9 Å². The van der Waals surface area contributed by atoms with Crippen molar-refractivity contribution in [2.24, 2.45) is 17.8 Å². The van der Waals surface area contributed by atoms with Crippen molar-refractivity contribution in [2.45, 2.75) is 116 Å². The molecule has 1 amide bonds. The lowest BCUT2D eigenvalue weighted by atomic mass is 9.82. The van der Waals surface area contributed by atoms with Gasteiger partial charge in [0.1, 0.15) is 12.1 Å². The molecule has 9 atom stereocenters. The van der Waals surface area contributed by atoms with Gasteiger partial charge in [0.25, 0.3) is 0 Å². The number of hydrogen-bond donors (Lipinski definition) is 3. The van der Waals surface area contributed by atoms with E-state index in [0.29, 0.717) is 25.3 Å². The summed E-state index contributed by atoms with van der Waals surface area (Å²) >= 11 is 0. The number of aliphatic hydroxyl groups is 3. The Morgan fingerprint density at radius 2 is 1.87 bits per heavy atom. The van der Waals surface area contributed by atoms with Gasteiger partial charge in [-0.05, 0) is 77.2 Å². The predicted molar refractivity (Wildman–Crippen MR) is 145 cm³/mol. The molecule has 214 valence electrons. The molecule has 0 aromatic carbocycles. The van der Waals surface area contributed by atoms with Crippen LogP contribution in [0.4, 0.5) is 0 Å². The van der Waals surface area contributed by atoms with Crippen molar-refractivity contribution in [2.75, 3.05) is 6.54 Å². The second-order valence-electron chi connectivity index (χ2n) is 11.8. The highest BCUT2D eigenvalue weighted by Crippen LogP contribution is 2.38. The van der Waals surface area contributed by atoms with Crippen molar-refractivity contribution in [1.29, 1.82) is 0 Å². The fourth-order valence-electron chi connectivity index (χ4n) is 5.71. The van der Waals surface area contributed by atoms with Crippen LogP contribution in [0.1, 0.15) is 80.1 Å². The summed E-state index contributed by atoms with van der Waals surface area (Å²) in [5.74, 6) is -2.11. The Kier molecular flexibility index (Phi) is 10.4. The Morgan fingerprint density at radius 3 is 2.55 bits per heavy atom. The highest BCUT2D eigenvalue weighted by Gasteiger charge is 2.46. The standard InChI is InChI=1S/C30H47NO7/c1-18(14-24-10-11-26(32)27(33)16-24)13-19(2)22(5)37-29(35)25-9-7-8-12-31(25)28(34)17-30(36)21(4)15-20(3)23(6)38-30/h10-11,13-14,20-27,32-33,36H,7-9,12,15-17H2,1-6H3/b18-14+,19-13+/t20?,21-,22+,23?,24?,25+,26?,27?,30+/m1/s1. The van der Waals surface area contributed by atoms with E-state index in [0.717, 1.165) is 30.4 Å². The number of aliphatic hydroxyl groups excluding tert-OH is 2. The lowest BCUT2D eigenvalue weighted by Gasteiger charge is -2.45. The van der Waals surface area contributed by atoms with Crippen LogP contribution in [0.5, 0.6) is 0 Å². The molecule has 0 aromatic rings. The summed E-state index contributed by atoms with van der Waals surface area (Å²) in [6.07, 6.45) is 8.46. The molecule has 8 heteroatoms. The van der Waals surface area contributed by atoms with Gasteiger partial charge in [-0.2, -0.15) is 0 Å². The molecule has 2 saturated heterocycles. The molecular formula is C30H47NO7. The van der Waals surface area contributed by atoms with Crippen molar-refractivity contribution in [3.63, 3.8) is 0 Å². The molecule has 0 saturated carbocycles. The van der Waals surface area contributed by atoms with Crippen molar-refractivity contribution < 1.29 is 34.4 Å². The fraction of sp³-hybridized carbons (Fsp3) is 0.733. The van der Waals surface area contributed by atoms with Gasteiger partial charge in [-0.25, -0.2) is 4.79 Å². The molecule has 3 N–H and O–H groups in total. The zero-order chi connectivity index (χ0) is 28.2. The molecule has 2 heterocycles. The summed E-state index contributed by atoms with van der Waals surface area (Å²) in [5.41, 5.74) is 1.83. The lowest BCUT2D eigenvalue weighted by molar-refractivity contribution is -0.289. The summed E-state index contributed by atoms with van der Waals surface area (Å²) in [6.45, 7) is 12.0. The molecule has 38 heavy (non-hydrogen) atoms. The number of amides is 1. The Labute approximate surface area is 227 Å². The van der Waals surface area contributed by atoms with E-state index in [4.69, 9.17) is 9.47 Å². The van der Waals surface area contributed by atoms with Crippen molar-refractivity contribution in [1.82, 2.24) is 4.90 Å². The molecule has 3 rings (SSSR count). The van der Waals surface area contributed by atoms with Gasteiger partial charge in [0, 0.05) is 12.5 Å². The molecule has 2 aliphatic heterocycles. The van der Waals surface area contributed by atoms with Crippen LogP contribution in [0.2, 0.25) is 0 Å². The number of ether oxygens (including phenoxy) is 2. The van der Waals surface area contributed by atoms with Crippen LogP contribution in [-0.2, 0) is 19.1 Å². The SMILES string of the molecule is CC(=C\C1C=CC(O)C(O)C1)/C=C(\C)[C@H](C)OC(=O)[C@@H]1CCCCN1C(=O)C[C@]1(O)OC(C)C(C)C[C@H]1C. The highest BCUT2D eigenvalue weighted by atomic mass is 16.6. The lowest BCUT2D eigenvalue weighted by Crippen LogP contribution is -2.55. The third kappa shape index (κ3) is 7.56. The summed E-state index contributed by atoms with van der Waals surface area (Å²) in [5, 5.41) is 30.7. The van der Waals surface area contributed by atoms with E-state index in [-0.39, 0.29) is 30.3 Å². The minimum atomic E-state index is -1.53. The van der Waals surface area contributed by atoms with Crippen LogP contribution in [0.25, 0.3) is 0 Å². The van der Waals surface area contributed by atoms with Gasteiger partial charge in [-0.15, -0.1) is 0 Å². The minimum absolute atomic E-state index is 0.0222. The fourth-order valence-corrected chi connectivity index (χ4v) is 5.71. The van der Waals surface area contributed by atoms with E-state index in [9.17, 15) is 24.9 Å². The zero-order valence-corrected chi connectivity index (χ0v) is 23.8. The molecule has 8 nitrogen and oxygen atoms in total. The number of hydrogen-bond acceptors (Lipinski definition) is 7. The van der Waals surface area contributed by atoms with Crippen molar-refractivity contribution >= 4 is 11.9 Å². The van der Waals surface area contributed by atoms with Gasteiger partial charge in [-0.1, -0.05) is 43.7 Å². The minimum Gasteiger partial charge on any atom is -0.457 e. The first-order valence-corrected chi connectivity index (χ1v) is 14.1. The molecule has 1 aliphatic carbocycles. The topological polar surface area (TPSA) is 117 Å². The molecular weight excluding hydrogens is 486 g/mol. The predicted octanol–water partition coefficient (Wildman–Crippen LogP) is 3.65. The molecule has 3 aliphatic rings. The average Bonchev–Trinajstić information content (AvgIpc) is 2.85. The summed E-state index contributed by atoms with van der Waals surface area (Å²) in [4.78, 5) is 28.1. The average molecular weight is 534 g/mol. The number of carbonyl (C=O) groups is 2. The van der Waals surface area contributed by atoms with Gasteiger partial charge in [0.15, 0.2) is 5.79 Å². The quantitative estimate of drug-likeness (QED) is 0.260. The monoisotopic (exact) mass is 533 g/mol. The Balaban J connectivity index is 1.62. The Morgan fingerprint density at radius 1 is 1.16 bits per heavy atom. The maximum atomic E-state index is 13.3. The van der Waals surface area contributed by atoms with E-state index >= 15 is 0 Å². The van der Waals surface area contributed by atoms with Gasteiger partial charge in [-0.3, -0.25) is 4.79 Å². The van der Waals surface area contributed by atoms with E-state index in [1.807, 2.05) is 52.8 Å². The summed E-state index contributed by atoms with van der Waals surface area (Å²) in [7, 11) is 0. The molecule has 0 aromatic heterocycles. The van der Waals surface area contributed by atoms with Gasteiger partial charge >= 0.3 is 5.97 Å². The first-order chi connectivity index (χ1) is 17.8. The maximum absolute atomic E-state index is 13.3. The number of esters is 1. The molecule has 0 spiro atoms. The Hall–Kier alpha value is -2.00. The van der Waals surface area contributed by atoms with Crippen LogP contribution in [0, 0.1) is 17.8 Å². The first kappa shape index (κ1) is 30.5. The second-order valence-corrected chi connectivity index (χ2v) is 11.8. The van der Waals surface area contributed by atoms with E-state index < -0.39 is 36.1 Å². The number of nitrogens with zero attached hydrogens (tertiary/aromatic N) is 1. The van der Waals surface area contributed by atoms with Crippen LogP contribution < -0.4 is 0 Å². The second kappa shape index (κ2) is 12.9. The van der Waals surface area contributed by atoms with Gasteiger partial charge in [0.05, 0.1) is 24.7 Å². The number of likely N-dealkylation sites (tertiary alicyclic amines) is 1. The van der Waals surface area contributed by atoms with E-state index in [1.165, 1.54) is 0 Å². The smallest absolute Gasteiger partial charge is 0.329 e. The molecule has 0 bridgehead atoms. The van der Waals surface area contributed by atoms with E-state index in [1.54, 1.807) is 11.0 Å². The first-order valence-electron chi connectivity index (χ1n) is 14.1. The van der Waals surface area contributed by atoms with Crippen molar-refractivity contribution in [3.8, 4) is 0 Å². The molecule has 0 radical (unpaired) electrons. The number of rotatable bonds is 7. The number of carbonyl (C=O) groups excluding carboxylic acids is 2. The van der Waals surface area contributed by atoms with Crippen LogP contribution >= 0.6 is 0 Å². The summed E-state index contributed by atoms with van der Waals surface area (Å²) < 4.78 is 11.7. The maximum Gasteiger partial charge on any atom is 0.329 e. The van der Waals surface area contributed by atoms with Crippen LogP contribution in [0.3, 0.4) is 0 Å². The van der Waals surface area contributed by atoms with E-state index in [2.05, 4.69) is 6.92 Å².